The van der Waals surface area contributed by atoms with Crippen molar-refractivity contribution in [3.63, 3.8) is 0 Å². The molecule has 0 aromatic heterocycles. The molecule has 3 aromatic rings. The molecule has 0 heterocycles. The standard InChI is InChI=1S/C38H52N4O6S2/c43-39-37-33-23-21-31(49(45,46)41(27-13-5-1-6-14-27)28-15-7-2-8-16-28)25-35(33)38(40-44)36-26-32(22-24-34(36)37)50(47,48)42(29-17-9-3-10-18-29)30-19-11-4-12-20-30/h21-30,39,43H,1-20H2. The molecule has 4 saturated carbocycles. The van der Waals surface area contributed by atoms with Crippen molar-refractivity contribution >= 4 is 53.0 Å². The van der Waals surface area contributed by atoms with Gasteiger partial charge in [-0.1, -0.05) is 89.2 Å². The lowest BCUT2D eigenvalue weighted by Gasteiger charge is -2.40. The van der Waals surface area contributed by atoms with Gasteiger partial charge in [-0.05, 0) is 80.8 Å². The molecule has 0 amide bonds. The highest BCUT2D eigenvalue weighted by Crippen LogP contribution is 2.45. The molecule has 10 nitrogen and oxygen atoms in total. The first-order chi connectivity index (χ1) is 24.3. The first kappa shape index (κ1) is 35.7. The van der Waals surface area contributed by atoms with E-state index in [2.05, 4.69) is 10.7 Å². The van der Waals surface area contributed by atoms with Gasteiger partial charge in [0.2, 0.25) is 20.0 Å². The van der Waals surface area contributed by atoms with Crippen LogP contribution in [0.25, 0.3) is 21.5 Å². The number of nitroso groups, excluding NO2 is 1. The Hall–Kier alpha value is -2.64. The lowest BCUT2D eigenvalue weighted by Crippen LogP contribution is -2.48. The fourth-order valence-corrected chi connectivity index (χ4v) is 13.6. The van der Waals surface area contributed by atoms with Crippen LogP contribution in [0.1, 0.15) is 128 Å². The van der Waals surface area contributed by atoms with Crippen LogP contribution in [0.15, 0.2) is 51.4 Å². The molecule has 0 radical (unpaired) electrons. The van der Waals surface area contributed by atoms with E-state index < -0.39 is 20.0 Å². The summed E-state index contributed by atoms with van der Waals surface area (Å²) < 4.78 is 62.0. The van der Waals surface area contributed by atoms with E-state index in [1.165, 1.54) is 12.1 Å². The van der Waals surface area contributed by atoms with Crippen LogP contribution >= 0.6 is 0 Å². The zero-order valence-electron chi connectivity index (χ0n) is 29.1. The van der Waals surface area contributed by atoms with Gasteiger partial charge in [-0.2, -0.15) is 8.61 Å². The molecule has 4 aliphatic carbocycles. The number of rotatable bonds is 10. The van der Waals surface area contributed by atoms with E-state index in [-0.39, 0.29) is 56.1 Å². The van der Waals surface area contributed by atoms with Crippen LogP contribution < -0.4 is 5.48 Å². The number of nitrogens with zero attached hydrogens (tertiary/aromatic N) is 3. The fraction of sp³-hybridized carbons (Fsp3) is 0.632. The van der Waals surface area contributed by atoms with E-state index in [9.17, 15) is 26.9 Å². The zero-order valence-corrected chi connectivity index (χ0v) is 30.7. The highest BCUT2D eigenvalue weighted by Gasteiger charge is 2.40. The number of anilines is 1. The minimum atomic E-state index is -3.95. The van der Waals surface area contributed by atoms with Gasteiger partial charge in [-0.3, -0.25) is 10.7 Å². The first-order valence-corrected chi connectivity index (χ1v) is 22.0. The topological polar surface area (TPSA) is 136 Å². The summed E-state index contributed by atoms with van der Waals surface area (Å²) in [6, 6.07) is 9.10. The normalized spacial score (nSPS) is 21.3. The zero-order chi connectivity index (χ0) is 34.9. The van der Waals surface area contributed by atoms with Crippen LogP contribution in [-0.2, 0) is 20.0 Å². The molecule has 0 atom stereocenters. The third kappa shape index (κ3) is 6.71. The maximum Gasteiger partial charge on any atom is 0.243 e. The molecule has 4 aliphatic rings. The van der Waals surface area contributed by atoms with Crippen LogP contribution in [0.3, 0.4) is 0 Å². The molecule has 0 unspecified atom stereocenters. The number of fused-ring (bicyclic) bond motifs is 2. The predicted molar refractivity (Wildman–Crippen MR) is 198 cm³/mol. The Balaban J connectivity index is 1.35. The van der Waals surface area contributed by atoms with Crippen LogP contribution in [0.4, 0.5) is 11.4 Å². The number of benzene rings is 3. The second kappa shape index (κ2) is 15.1. The molecule has 12 heteroatoms. The van der Waals surface area contributed by atoms with E-state index in [0.717, 1.165) is 128 Å². The maximum atomic E-state index is 14.6. The summed E-state index contributed by atoms with van der Waals surface area (Å²) in [7, 11) is -7.91. The van der Waals surface area contributed by atoms with E-state index in [4.69, 9.17) is 0 Å². The average Bonchev–Trinajstić information content (AvgIpc) is 3.15. The summed E-state index contributed by atoms with van der Waals surface area (Å²) in [5, 5.41) is 15.2. The van der Waals surface area contributed by atoms with E-state index in [1.54, 1.807) is 32.9 Å². The van der Waals surface area contributed by atoms with Gasteiger partial charge in [0.1, 0.15) is 5.69 Å². The van der Waals surface area contributed by atoms with Gasteiger partial charge < -0.3 is 0 Å². The molecule has 272 valence electrons. The molecule has 3 aromatic carbocycles. The second-order valence-electron chi connectivity index (χ2n) is 15.2. The van der Waals surface area contributed by atoms with Crippen molar-refractivity contribution in [2.75, 3.05) is 5.48 Å². The number of hydrogen-bond donors (Lipinski definition) is 2. The van der Waals surface area contributed by atoms with Crippen molar-refractivity contribution in [1.29, 1.82) is 0 Å². The molecule has 4 fully saturated rings. The van der Waals surface area contributed by atoms with Gasteiger partial charge >= 0.3 is 0 Å². The Kier molecular flexibility index (Phi) is 10.8. The number of sulfonamides is 2. The summed E-state index contributed by atoms with van der Waals surface area (Å²) in [6.45, 7) is 0. The molecule has 50 heavy (non-hydrogen) atoms. The second-order valence-corrected chi connectivity index (χ2v) is 18.9. The van der Waals surface area contributed by atoms with Gasteiger partial charge in [0, 0.05) is 45.7 Å². The lowest BCUT2D eigenvalue weighted by atomic mass is 9.91. The Labute approximate surface area is 297 Å². The van der Waals surface area contributed by atoms with Gasteiger partial charge in [0.05, 0.1) is 15.5 Å². The molecular weight excluding hydrogens is 673 g/mol. The Morgan fingerprint density at radius 3 is 1.12 bits per heavy atom. The Bertz CT molecular complexity index is 1740. The van der Waals surface area contributed by atoms with Crippen LogP contribution in [0, 0.1) is 4.91 Å². The molecule has 2 N–H and O–H groups in total. The van der Waals surface area contributed by atoms with Crippen molar-refractivity contribution in [2.45, 2.75) is 162 Å². The molecule has 0 bridgehead atoms. The molecule has 0 aliphatic heterocycles. The predicted octanol–water partition coefficient (Wildman–Crippen LogP) is 9.50. The Morgan fingerprint density at radius 2 is 0.840 bits per heavy atom. The molecule has 7 rings (SSSR count). The summed E-state index contributed by atoms with van der Waals surface area (Å²) in [5.74, 6) is 0. The third-order valence-electron chi connectivity index (χ3n) is 12.1. The quantitative estimate of drug-likeness (QED) is 0.121. The van der Waals surface area contributed by atoms with E-state index in [1.807, 2.05) is 0 Å². The molecular formula is C38H52N4O6S2. The van der Waals surface area contributed by atoms with Crippen LogP contribution in [-0.4, -0.2) is 54.8 Å². The number of nitrogens with one attached hydrogen (secondary N) is 1. The fourth-order valence-electron chi connectivity index (χ4n) is 9.67. The van der Waals surface area contributed by atoms with E-state index in [0.29, 0.717) is 10.8 Å². The smallest absolute Gasteiger partial charge is 0.243 e. The van der Waals surface area contributed by atoms with Gasteiger partial charge in [-0.25, -0.2) is 16.8 Å². The lowest BCUT2D eigenvalue weighted by molar-refractivity contribution is 0.169. The summed E-state index contributed by atoms with van der Waals surface area (Å²) >= 11 is 0. The van der Waals surface area contributed by atoms with Crippen molar-refractivity contribution < 1.29 is 22.0 Å². The van der Waals surface area contributed by atoms with Crippen molar-refractivity contribution in [2.24, 2.45) is 5.18 Å². The minimum absolute atomic E-state index is 0.0353. The molecule has 0 spiro atoms. The van der Waals surface area contributed by atoms with Gasteiger partial charge in [0.15, 0.2) is 0 Å². The average molecular weight is 725 g/mol. The van der Waals surface area contributed by atoms with Gasteiger partial charge in [0.25, 0.3) is 0 Å². The summed E-state index contributed by atoms with van der Waals surface area (Å²) in [5.41, 5.74) is 2.50. The van der Waals surface area contributed by atoms with Crippen LogP contribution in [0.5, 0.6) is 0 Å². The summed E-state index contributed by atoms with van der Waals surface area (Å²) in [4.78, 5) is 12.9. The van der Waals surface area contributed by atoms with Crippen molar-refractivity contribution in [1.82, 2.24) is 8.61 Å². The Morgan fingerprint density at radius 1 is 0.520 bits per heavy atom. The molecule has 0 saturated heterocycles. The highest BCUT2D eigenvalue weighted by atomic mass is 32.2. The first-order valence-electron chi connectivity index (χ1n) is 19.1. The summed E-state index contributed by atoms with van der Waals surface area (Å²) in [6.07, 6.45) is 19.2. The van der Waals surface area contributed by atoms with Crippen molar-refractivity contribution in [3.05, 3.63) is 41.3 Å². The largest absolute Gasteiger partial charge is 0.291 e. The minimum Gasteiger partial charge on any atom is -0.291 e. The van der Waals surface area contributed by atoms with Crippen LogP contribution in [0.2, 0.25) is 0 Å². The number of hydrogen-bond acceptors (Lipinski definition) is 8. The monoisotopic (exact) mass is 724 g/mol. The van der Waals surface area contributed by atoms with Gasteiger partial charge in [-0.15, -0.1) is 4.91 Å². The van der Waals surface area contributed by atoms with Crippen molar-refractivity contribution in [3.8, 4) is 0 Å². The SMILES string of the molecule is O=Nc1c2cc(S(=O)(=O)N(C3CCCCC3)C3CCCCC3)ccc2c(NO)c2ccc(S(=O)(=O)N(C3CCCCC3)C3CCCCC3)cc12. The van der Waals surface area contributed by atoms with E-state index >= 15 is 0 Å². The third-order valence-corrected chi connectivity index (χ3v) is 16.1. The maximum absolute atomic E-state index is 14.6. The highest BCUT2D eigenvalue weighted by molar-refractivity contribution is 7.89.